The number of aliphatic hydroxyl groups is 1. The summed E-state index contributed by atoms with van der Waals surface area (Å²) in [4.78, 5) is 42.6. The van der Waals surface area contributed by atoms with Crippen LogP contribution in [-0.4, -0.2) is 40.7 Å². The van der Waals surface area contributed by atoms with Crippen molar-refractivity contribution in [2.24, 2.45) is 34.0 Å². The van der Waals surface area contributed by atoms with Gasteiger partial charge in [-0.05, 0) is 42.9 Å². The standard InChI is InChI=1S/C27H38N2O6/c1-7-25(4)12-20(35-24(33)18-13-28-14-29(15-34-6)23(18)32)26(5)16(2)8-10-27(17(3)22(25)31)11-9-19(30)21(26)27/h7,13-14,16-17,20-22,31H,1,8-12,15H2,2-6H3/p+1/t16?,17-,20+,21?,22-,25+,26-,27-/m0/s1. The Morgan fingerprint density at radius 1 is 1.31 bits per heavy atom. The number of carbonyl (C=O) groups is 2. The Hall–Kier alpha value is -2.32. The Labute approximate surface area is 206 Å². The van der Waals surface area contributed by atoms with Gasteiger partial charge in [-0.25, -0.2) is 9.59 Å². The van der Waals surface area contributed by atoms with Crippen LogP contribution < -0.4 is 10.5 Å². The van der Waals surface area contributed by atoms with Gasteiger partial charge in [-0.2, -0.15) is 4.57 Å². The van der Waals surface area contributed by atoms with E-state index < -0.39 is 34.6 Å². The predicted molar refractivity (Wildman–Crippen MR) is 128 cm³/mol. The van der Waals surface area contributed by atoms with Crippen LogP contribution in [0.15, 0.2) is 30.0 Å². The summed E-state index contributed by atoms with van der Waals surface area (Å²) in [5.41, 5.74) is -2.36. The van der Waals surface area contributed by atoms with Gasteiger partial charge in [-0.15, -0.1) is 6.58 Å². The second-order valence-electron chi connectivity index (χ2n) is 11.5. The Kier molecular flexibility index (Phi) is 6.60. The van der Waals surface area contributed by atoms with Crippen molar-refractivity contribution in [3.8, 4) is 0 Å². The molecule has 8 atom stereocenters. The van der Waals surface area contributed by atoms with Gasteiger partial charge < -0.3 is 14.6 Å². The fourth-order valence-corrected chi connectivity index (χ4v) is 7.56. The second kappa shape index (κ2) is 8.96. The van der Waals surface area contributed by atoms with Crippen LogP contribution in [0.2, 0.25) is 0 Å². The summed E-state index contributed by atoms with van der Waals surface area (Å²) in [6, 6.07) is 0. The zero-order valence-corrected chi connectivity index (χ0v) is 21.5. The Morgan fingerprint density at radius 3 is 2.69 bits per heavy atom. The summed E-state index contributed by atoms with van der Waals surface area (Å²) in [6.45, 7) is 12.2. The van der Waals surface area contributed by atoms with E-state index in [-0.39, 0.29) is 41.2 Å². The zero-order valence-electron chi connectivity index (χ0n) is 21.5. The number of aliphatic hydroxyl groups excluding tert-OH is 1. The minimum Gasteiger partial charge on any atom is -0.458 e. The molecule has 1 aromatic heterocycles. The maximum absolute atomic E-state index is 13.5. The van der Waals surface area contributed by atoms with E-state index in [4.69, 9.17) is 9.47 Å². The van der Waals surface area contributed by atoms with Gasteiger partial charge in [0.05, 0.1) is 6.10 Å². The highest BCUT2D eigenvalue weighted by atomic mass is 16.5. The quantitative estimate of drug-likeness (QED) is 0.505. The number of ketones is 1. The predicted octanol–water partition coefficient (Wildman–Crippen LogP) is 2.79. The number of rotatable bonds is 5. The molecule has 192 valence electrons. The first-order valence-corrected chi connectivity index (χ1v) is 12.6. The first-order chi connectivity index (χ1) is 16.5. The van der Waals surface area contributed by atoms with Crippen molar-refractivity contribution >= 4 is 11.8 Å². The van der Waals surface area contributed by atoms with Gasteiger partial charge in [-0.3, -0.25) is 9.78 Å². The number of Topliss-reactive ketones (excluding diaryl/α,β-unsaturated/α-hetero) is 1. The number of carbonyl (C=O) groups excluding carboxylic acids is 2. The van der Waals surface area contributed by atoms with Gasteiger partial charge in [0.15, 0.2) is 12.3 Å². The monoisotopic (exact) mass is 487 g/mol. The molecule has 3 aliphatic rings. The lowest BCUT2D eigenvalue weighted by atomic mass is 9.44. The lowest BCUT2D eigenvalue weighted by Crippen LogP contribution is -2.63. The molecule has 0 spiro atoms. The van der Waals surface area contributed by atoms with Crippen LogP contribution in [0.1, 0.15) is 70.2 Å². The van der Waals surface area contributed by atoms with Crippen molar-refractivity contribution in [2.45, 2.75) is 78.7 Å². The highest BCUT2D eigenvalue weighted by Crippen LogP contribution is 2.68. The van der Waals surface area contributed by atoms with Crippen molar-refractivity contribution < 1.29 is 29.2 Å². The van der Waals surface area contributed by atoms with E-state index in [2.05, 4.69) is 32.3 Å². The van der Waals surface area contributed by atoms with E-state index in [1.54, 1.807) is 6.08 Å². The molecule has 8 nitrogen and oxygen atoms in total. The lowest BCUT2D eigenvalue weighted by Gasteiger charge is -2.61. The minimum atomic E-state index is -0.744. The topological polar surface area (TPSA) is 109 Å². The van der Waals surface area contributed by atoms with E-state index in [1.165, 1.54) is 24.2 Å². The number of aromatic amines is 1. The molecule has 0 saturated heterocycles. The molecule has 4 rings (SSSR count). The lowest BCUT2D eigenvalue weighted by molar-refractivity contribution is -0.387. The molecule has 3 fully saturated rings. The van der Waals surface area contributed by atoms with Gasteiger partial charge in [0.1, 0.15) is 18.1 Å². The van der Waals surface area contributed by atoms with Crippen LogP contribution >= 0.6 is 0 Å². The van der Waals surface area contributed by atoms with Gasteiger partial charge in [0.2, 0.25) is 6.33 Å². The number of methoxy groups -OCH3 is 1. The second-order valence-corrected chi connectivity index (χ2v) is 11.5. The van der Waals surface area contributed by atoms with E-state index >= 15 is 0 Å². The van der Waals surface area contributed by atoms with E-state index in [0.717, 1.165) is 19.3 Å². The smallest absolute Gasteiger partial charge is 0.353 e. The van der Waals surface area contributed by atoms with Crippen LogP contribution in [0.4, 0.5) is 0 Å². The fourth-order valence-electron chi connectivity index (χ4n) is 7.56. The molecule has 0 aromatic carbocycles. The number of aromatic nitrogens is 2. The zero-order chi connectivity index (χ0) is 25.8. The summed E-state index contributed by atoms with van der Waals surface area (Å²) in [7, 11) is 1.46. The number of hydrogen-bond donors (Lipinski definition) is 1. The highest BCUT2D eigenvalue weighted by Gasteiger charge is 2.68. The van der Waals surface area contributed by atoms with Gasteiger partial charge >= 0.3 is 11.5 Å². The SMILES string of the molecule is C=C[C@]1(C)C[C@@H](OC(=O)c2c[nH+]cn(COC)c2=O)[C@]2(C)C(C)CC[C@]3(CCC(=O)C32)[C@@H](C)[C@@H]1O. The average molecular weight is 488 g/mol. The molecular formula is C27H39N2O6+. The molecule has 1 heterocycles. The van der Waals surface area contributed by atoms with Crippen LogP contribution in [-0.2, 0) is 21.0 Å². The molecule has 0 radical (unpaired) electrons. The first kappa shape index (κ1) is 25.8. The van der Waals surface area contributed by atoms with E-state index in [1.807, 2.05) is 6.92 Å². The third-order valence-corrected chi connectivity index (χ3v) is 9.99. The van der Waals surface area contributed by atoms with Gasteiger partial charge in [0.25, 0.3) is 0 Å². The van der Waals surface area contributed by atoms with Crippen LogP contribution in [0, 0.1) is 34.0 Å². The first-order valence-electron chi connectivity index (χ1n) is 12.6. The summed E-state index contributed by atoms with van der Waals surface area (Å²) in [5.74, 6) is -0.856. The molecule has 1 aromatic rings. The molecule has 3 aliphatic carbocycles. The number of hydrogen-bond acceptors (Lipinski definition) is 6. The largest absolute Gasteiger partial charge is 0.458 e. The van der Waals surface area contributed by atoms with Crippen molar-refractivity contribution in [2.75, 3.05) is 7.11 Å². The summed E-state index contributed by atoms with van der Waals surface area (Å²) in [6.07, 6.45) is 6.38. The molecule has 35 heavy (non-hydrogen) atoms. The average Bonchev–Trinajstić information content (AvgIpc) is 3.19. The summed E-state index contributed by atoms with van der Waals surface area (Å²) in [5, 5.41) is 11.6. The number of ether oxygens (including phenoxy) is 2. The molecule has 2 bridgehead atoms. The maximum atomic E-state index is 13.5. The summed E-state index contributed by atoms with van der Waals surface area (Å²) >= 11 is 0. The molecule has 0 aliphatic heterocycles. The van der Waals surface area contributed by atoms with Crippen LogP contribution in [0.5, 0.6) is 0 Å². The third-order valence-electron chi connectivity index (χ3n) is 9.99. The molecule has 0 amide bonds. The molecule has 2 unspecified atom stereocenters. The van der Waals surface area contributed by atoms with Gasteiger partial charge in [0, 0.05) is 30.3 Å². The molecule has 3 saturated carbocycles. The van der Waals surface area contributed by atoms with Crippen LogP contribution in [0.25, 0.3) is 0 Å². The van der Waals surface area contributed by atoms with Gasteiger partial charge in [-0.1, -0.05) is 33.8 Å². The molecule has 2 N–H and O–H groups in total. The Balaban J connectivity index is 1.83. The van der Waals surface area contributed by atoms with Crippen LogP contribution in [0.3, 0.4) is 0 Å². The summed E-state index contributed by atoms with van der Waals surface area (Å²) < 4.78 is 12.5. The third kappa shape index (κ3) is 3.71. The van der Waals surface area contributed by atoms with Crippen molar-refractivity contribution in [3.05, 3.63) is 41.1 Å². The fraction of sp³-hybridized carbons (Fsp3) is 0.704. The van der Waals surface area contributed by atoms with Crippen molar-refractivity contribution in [3.63, 3.8) is 0 Å². The minimum absolute atomic E-state index is 0.00760. The van der Waals surface area contributed by atoms with Crippen molar-refractivity contribution in [1.82, 2.24) is 4.57 Å². The number of esters is 1. The number of nitrogens with zero attached hydrogens (tertiary/aromatic N) is 1. The Bertz CT molecular complexity index is 1080. The normalized spacial score (nSPS) is 41.0. The maximum Gasteiger partial charge on any atom is 0.353 e. The Morgan fingerprint density at radius 2 is 2.03 bits per heavy atom. The van der Waals surface area contributed by atoms with E-state index in [9.17, 15) is 19.5 Å². The highest BCUT2D eigenvalue weighted by molar-refractivity contribution is 5.89. The number of nitrogens with one attached hydrogen (secondary N) is 1. The van der Waals surface area contributed by atoms with Crippen molar-refractivity contribution in [1.29, 1.82) is 0 Å². The molecular weight excluding hydrogens is 448 g/mol. The molecule has 8 heteroatoms. The number of H-pyrrole nitrogens is 1. The van der Waals surface area contributed by atoms with E-state index in [0.29, 0.717) is 12.8 Å².